The van der Waals surface area contributed by atoms with E-state index in [4.69, 9.17) is 14.6 Å². The van der Waals surface area contributed by atoms with E-state index < -0.39 is 10.0 Å². The van der Waals surface area contributed by atoms with Crippen LogP contribution in [0.4, 0.5) is 11.4 Å². The molecule has 2 aliphatic rings. The van der Waals surface area contributed by atoms with Gasteiger partial charge in [-0.05, 0) is 36.8 Å². The lowest BCUT2D eigenvalue weighted by Gasteiger charge is -2.29. The Morgan fingerprint density at radius 1 is 1.18 bits per heavy atom. The normalized spacial score (nSPS) is 15.6. The van der Waals surface area contributed by atoms with Gasteiger partial charge in [-0.1, -0.05) is 6.92 Å². The van der Waals surface area contributed by atoms with E-state index in [0.29, 0.717) is 23.4 Å². The summed E-state index contributed by atoms with van der Waals surface area (Å²) in [7, 11) is -3.97. The van der Waals surface area contributed by atoms with Crippen LogP contribution >= 0.6 is 0 Å². The van der Waals surface area contributed by atoms with Crippen LogP contribution in [0.15, 0.2) is 41.3 Å². The lowest BCUT2D eigenvalue weighted by atomic mass is 10.1. The number of carboxylic acid groups (broad SMARTS) is 1. The molecule has 2 aliphatic heterocycles. The lowest BCUT2D eigenvalue weighted by molar-refractivity contribution is -0.123. The molecule has 5 rings (SSSR count). The second-order valence-electron chi connectivity index (χ2n) is 7.69. The summed E-state index contributed by atoms with van der Waals surface area (Å²) in [5.74, 6) is 0.0589. The van der Waals surface area contributed by atoms with Gasteiger partial charge in [-0.25, -0.2) is 0 Å². The Labute approximate surface area is 196 Å². The number of anilines is 2. The van der Waals surface area contributed by atoms with Crippen LogP contribution in [0.2, 0.25) is 0 Å². The van der Waals surface area contributed by atoms with E-state index in [1.807, 2.05) is 25.1 Å². The molecule has 1 fully saturated rings. The summed E-state index contributed by atoms with van der Waals surface area (Å²) >= 11 is 0. The molecule has 1 aromatic heterocycles. The van der Waals surface area contributed by atoms with E-state index in [9.17, 15) is 13.2 Å². The van der Waals surface area contributed by atoms with E-state index in [2.05, 4.69) is 20.6 Å². The quantitative estimate of drug-likeness (QED) is 0.464. The number of benzene rings is 2. The zero-order valence-corrected chi connectivity index (χ0v) is 19.3. The molecule has 0 atom stereocenters. The molecule has 0 spiro atoms. The van der Waals surface area contributed by atoms with Crippen molar-refractivity contribution in [3.05, 3.63) is 42.1 Å². The summed E-state index contributed by atoms with van der Waals surface area (Å²) in [5, 5.41) is 18.2. The second-order valence-corrected chi connectivity index (χ2v) is 9.45. The number of carbonyl (C=O) groups is 2. The van der Waals surface area contributed by atoms with Gasteiger partial charge in [0.1, 0.15) is 5.75 Å². The Morgan fingerprint density at radius 2 is 1.91 bits per heavy atom. The third-order valence-electron chi connectivity index (χ3n) is 5.64. The fraction of sp³-hybridized carbons (Fsp3) is 0.318. The highest BCUT2D eigenvalue weighted by Gasteiger charge is 2.26. The largest absolute Gasteiger partial charge is 0.483 e. The van der Waals surface area contributed by atoms with E-state index in [1.165, 1.54) is 18.2 Å². The van der Waals surface area contributed by atoms with Crippen molar-refractivity contribution in [2.24, 2.45) is 0 Å². The first kappa shape index (κ1) is 23.5. The summed E-state index contributed by atoms with van der Waals surface area (Å²) in [6.07, 6.45) is 0.616. The van der Waals surface area contributed by atoms with Crippen molar-refractivity contribution in [3.63, 3.8) is 0 Å². The fourth-order valence-electron chi connectivity index (χ4n) is 4.02. The monoisotopic (exact) mass is 487 g/mol. The molecule has 2 aromatic carbocycles. The third kappa shape index (κ3) is 4.41. The number of hydrogen-bond acceptors (Lipinski definition) is 8. The van der Waals surface area contributed by atoms with Crippen LogP contribution in [0.25, 0.3) is 10.9 Å². The highest BCUT2D eigenvalue weighted by atomic mass is 32.2. The summed E-state index contributed by atoms with van der Waals surface area (Å²) in [6.45, 7) is 5.07. The number of ether oxygens (including phenoxy) is 1. The Hall–Kier alpha value is -3.64. The van der Waals surface area contributed by atoms with Crippen LogP contribution in [-0.4, -0.2) is 67.9 Å². The molecule has 1 saturated heterocycles. The first-order valence-electron chi connectivity index (χ1n) is 10.8. The molecule has 3 N–H and O–H groups in total. The molecule has 0 unspecified atom stereocenters. The highest BCUT2D eigenvalue weighted by molar-refractivity contribution is 7.90. The Morgan fingerprint density at radius 3 is 2.62 bits per heavy atom. The number of nitrogens with zero attached hydrogens (tertiary/aromatic N) is 3. The third-order valence-corrected chi connectivity index (χ3v) is 7.22. The van der Waals surface area contributed by atoms with Crippen LogP contribution in [-0.2, 0) is 26.0 Å². The molecule has 0 radical (unpaired) electrons. The van der Waals surface area contributed by atoms with Crippen molar-refractivity contribution in [2.45, 2.75) is 18.2 Å². The molecule has 180 valence electrons. The summed E-state index contributed by atoms with van der Waals surface area (Å²) < 4.78 is 33.6. The van der Waals surface area contributed by atoms with Crippen molar-refractivity contribution < 1.29 is 27.9 Å². The van der Waals surface area contributed by atoms with Crippen LogP contribution < -0.4 is 20.3 Å². The maximum atomic E-state index is 13.5. The number of hydrogen-bond donors (Lipinski definition) is 3. The Bertz CT molecular complexity index is 1330. The molecule has 3 aromatic rings. The van der Waals surface area contributed by atoms with Gasteiger partial charge in [-0.2, -0.15) is 17.6 Å². The van der Waals surface area contributed by atoms with E-state index >= 15 is 0 Å². The van der Waals surface area contributed by atoms with Crippen LogP contribution in [0.3, 0.4) is 0 Å². The summed E-state index contributed by atoms with van der Waals surface area (Å²) in [5.41, 5.74) is 2.71. The first-order chi connectivity index (χ1) is 16.4. The number of rotatable bonds is 4. The molecule has 3 heterocycles. The number of piperazine rings is 1. The lowest BCUT2D eigenvalue weighted by Crippen LogP contribution is -2.43. The summed E-state index contributed by atoms with van der Waals surface area (Å²) in [6, 6.07) is 10.3. The van der Waals surface area contributed by atoms with Crippen LogP contribution in [0.1, 0.15) is 12.6 Å². The van der Waals surface area contributed by atoms with Gasteiger partial charge in [0, 0.05) is 43.3 Å². The maximum absolute atomic E-state index is 13.5. The van der Waals surface area contributed by atoms with Crippen molar-refractivity contribution >= 4 is 44.7 Å². The van der Waals surface area contributed by atoms with Gasteiger partial charge in [-0.15, -0.1) is 0 Å². The molecule has 34 heavy (non-hydrogen) atoms. The zero-order valence-electron chi connectivity index (χ0n) is 18.5. The summed E-state index contributed by atoms with van der Waals surface area (Å²) in [4.78, 5) is 22.2. The van der Waals surface area contributed by atoms with Crippen molar-refractivity contribution in [2.75, 3.05) is 43.0 Å². The smallest absolute Gasteiger partial charge is 0.290 e. The minimum Gasteiger partial charge on any atom is -0.483 e. The van der Waals surface area contributed by atoms with Crippen molar-refractivity contribution in [1.29, 1.82) is 0 Å². The van der Waals surface area contributed by atoms with Crippen LogP contribution in [0, 0.1) is 0 Å². The predicted octanol–water partition coefficient (Wildman–Crippen LogP) is 1.28. The molecule has 0 aliphatic carbocycles. The highest BCUT2D eigenvalue weighted by Crippen LogP contribution is 2.33. The Kier molecular flexibility index (Phi) is 6.70. The second kappa shape index (κ2) is 9.69. The van der Waals surface area contributed by atoms with E-state index in [-0.39, 0.29) is 23.9 Å². The average molecular weight is 488 g/mol. The molecular formula is C22H25N5O6S. The topological polar surface area (TPSA) is 143 Å². The molecular weight excluding hydrogens is 462 g/mol. The van der Waals surface area contributed by atoms with Crippen LogP contribution in [0.5, 0.6) is 5.75 Å². The van der Waals surface area contributed by atoms with Gasteiger partial charge >= 0.3 is 0 Å². The minimum atomic E-state index is -3.97. The number of aryl methyl sites for hydroxylation is 1. The van der Waals surface area contributed by atoms with Crippen molar-refractivity contribution in [3.8, 4) is 5.75 Å². The first-order valence-corrected chi connectivity index (χ1v) is 12.2. The van der Waals surface area contributed by atoms with Gasteiger partial charge in [0.15, 0.2) is 6.61 Å². The van der Waals surface area contributed by atoms with Gasteiger partial charge in [-0.3, -0.25) is 9.59 Å². The predicted molar refractivity (Wildman–Crippen MR) is 126 cm³/mol. The average Bonchev–Trinajstić information content (AvgIpc) is 3.23. The van der Waals surface area contributed by atoms with Gasteiger partial charge in [0.2, 0.25) is 0 Å². The zero-order chi connectivity index (χ0) is 24.3. The number of fused-ring (bicyclic) bond motifs is 2. The molecule has 0 bridgehead atoms. The number of carbonyl (C=O) groups excluding carboxylic acids is 1. The SMILES string of the molecule is CCc1nn(S(=O)(=O)c2ccc3c(c2)OCC(=O)N3)c2cc(N3CCNCC3)ccc12.O=CO. The van der Waals surface area contributed by atoms with Gasteiger partial charge in [0.05, 0.1) is 21.8 Å². The fourth-order valence-corrected chi connectivity index (χ4v) is 5.33. The standard InChI is InChI=1S/C21H23N5O4S.CH2O2/c1-2-17-16-5-3-14(25-9-7-22-8-10-25)11-19(16)26(24-17)31(28,29)15-4-6-18-20(12-15)30-13-21(27)23-18;2-1-3/h3-6,11-12,22H,2,7-10,13H2,1H3,(H,23,27);1H,(H,2,3). The molecule has 11 nitrogen and oxygen atoms in total. The van der Waals surface area contributed by atoms with E-state index in [0.717, 1.165) is 47.0 Å². The maximum Gasteiger partial charge on any atom is 0.290 e. The van der Waals surface area contributed by atoms with Crippen molar-refractivity contribution in [1.82, 2.24) is 14.5 Å². The van der Waals surface area contributed by atoms with Gasteiger partial charge < -0.3 is 25.4 Å². The minimum absolute atomic E-state index is 0.0574. The van der Waals surface area contributed by atoms with Gasteiger partial charge in [0.25, 0.3) is 22.4 Å². The number of aromatic nitrogens is 2. The van der Waals surface area contributed by atoms with E-state index in [1.54, 1.807) is 0 Å². The number of amides is 1. The Balaban J connectivity index is 0.000000868. The molecule has 12 heteroatoms. The molecule has 0 saturated carbocycles. The molecule has 1 amide bonds. The number of nitrogens with one attached hydrogen (secondary N) is 2.